The Morgan fingerprint density at radius 1 is 1.32 bits per heavy atom. The molecule has 4 nitrogen and oxygen atoms in total. The number of amides is 1. The van der Waals surface area contributed by atoms with Crippen LogP contribution in [0.5, 0.6) is 0 Å². The molecule has 1 aromatic heterocycles. The molecular formula is C14H14FN3O. The second kappa shape index (κ2) is 5.48. The predicted molar refractivity (Wildman–Crippen MR) is 70.8 cm³/mol. The van der Waals surface area contributed by atoms with E-state index in [0.29, 0.717) is 17.8 Å². The first kappa shape index (κ1) is 13.0. The van der Waals surface area contributed by atoms with Crippen LogP contribution in [0.3, 0.4) is 0 Å². The molecule has 0 aliphatic carbocycles. The molecule has 0 spiro atoms. The van der Waals surface area contributed by atoms with Crippen molar-refractivity contribution in [3.8, 4) is 0 Å². The summed E-state index contributed by atoms with van der Waals surface area (Å²) in [4.78, 5) is 17.6. The molecule has 0 saturated carbocycles. The van der Waals surface area contributed by atoms with E-state index in [1.54, 1.807) is 25.2 Å². The van der Waals surface area contributed by atoms with E-state index in [4.69, 9.17) is 5.73 Å². The fourth-order valence-electron chi connectivity index (χ4n) is 1.73. The van der Waals surface area contributed by atoms with Crippen LogP contribution in [0.1, 0.15) is 15.9 Å². The van der Waals surface area contributed by atoms with Crippen molar-refractivity contribution in [1.29, 1.82) is 0 Å². The number of carbonyl (C=O) groups is 1. The zero-order chi connectivity index (χ0) is 13.8. The summed E-state index contributed by atoms with van der Waals surface area (Å²) < 4.78 is 12.8. The molecular weight excluding hydrogens is 245 g/mol. The lowest BCUT2D eigenvalue weighted by Gasteiger charge is -2.18. The first-order chi connectivity index (χ1) is 9.08. The SMILES string of the molecule is CN(Cc1ccc(F)cc1)C(=O)c1cnccc1N. The van der Waals surface area contributed by atoms with Crippen LogP contribution < -0.4 is 5.73 Å². The van der Waals surface area contributed by atoms with E-state index in [-0.39, 0.29) is 11.7 Å². The van der Waals surface area contributed by atoms with Crippen LogP contribution in [0.15, 0.2) is 42.7 Å². The summed E-state index contributed by atoms with van der Waals surface area (Å²) in [6.07, 6.45) is 2.98. The summed E-state index contributed by atoms with van der Waals surface area (Å²) in [5.74, 6) is -0.510. The number of carbonyl (C=O) groups excluding carboxylic acids is 1. The minimum Gasteiger partial charge on any atom is -0.398 e. The number of halogens is 1. The Morgan fingerprint density at radius 2 is 2.00 bits per heavy atom. The number of anilines is 1. The summed E-state index contributed by atoms with van der Waals surface area (Å²) in [6.45, 7) is 0.382. The number of nitrogens with two attached hydrogens (primary N) is 1. The zero-order valence-electron chi connectivity index (χ0n) is 10.5. The molecule has 1 aromatic carbocycles. The van der Waals surface area contributed by atoms with Gasteiger partial charge in [0.2, 0.25) is 0 Å². The van der Waals surface area contributed by atoms with Crippen molar-refractivity contribution < 1.29 is 9.18 Å². The average molecular weight is 259 g/mol. The van der Waals surface area contributed by atoms with Crippen molar-refractivity contribution in [2.45, 2.75) is 6.54 Å². The van der Waals surface area contributed by atoms with Crippen LogP contribution in [0.2, 0.25) is 0 Å². The van der Waals surface area contributed by atoms with Gasteiger partial charge in [-0.3, -0.25) is 9.78 Å². The molecule has 2 rings (SSSR count). The molecule has 0 fully saturated rings. The number of hydrogen-bond acceptors (Lipinski definition) is 3. The van der Waals surface area contributed by atoms with Gasteiger partial charge in [-0.25, -0.2) is 4.39 Å². The highest BCUT2D eigenvalue weighted by Gasteiger charge is 2.14. The van der Waals surface area contributed by atoms with Crippen molar-refractivity contribution in [3.63, 3.8) is 0 Å². The van der Waals surface area contributed by atoms with E-state index in [0.717, 1.165) is 5.56 Å². The van der Waals surface area contributed by atoms with Gasteiger partial charge in [-0.05, 0) is 23.8 Å². The summed E-state index contributed by atoms with van der Waals surface area (Å²) >= 11 is 0. The Bertz CT molecular complexity index is 583. The fraction of sp³-hybridized carbons (Fsp3) is 0.143. The maximum atomic E-state index is 12.8. The molecule has 0 unspecified atom stereocenters. The lowest BCUT2D eigenvalue weighted by atomic mass is 10.2. The quantitative estimate of drug-likeness (QED) is 0.918. The maximum Gasteiger partial charge on any atom is 0.257 e. The Labute approximate surface area is 110 Å². The van der Waals surface area contributed by atoms with Gasteiger partial charge in [0.05, 0.1) is 5.56 Å². The molecule has 0 atom stereocenters. The van der Waals surface area contributed by atoms with E-state index in [2.05, 4.69) is 4.98 Å². The van der Waals surface area contributed by atoms with Crippen molar-refractivity contribution in [1.82, 2.24) is 9.88 Å². The number of rotatable bonds is 3. The smallest absolute Gasteiger partial charge is 0.257 e. The summed E-state index contributed by atoms with van der Waals surface area (Å²) in [6, 6.07) is 7.61. The highest BCUT2D eigenvalue weighted by Crippen LogP contribution is 2.13. The van der Waals surface area contributed by atoms with Gasteiger partial charge in [-0.15, -0.1) is 0 Å². The number of aromatic nitrogens is 1. The number of nitrogen functional groups attached to an aromatic ring is 1. The first-order valence-electron chi connectivity index (χ1n) is 5.77. The lowest BCUT2D eigenvalue weighted by molar-refractivity contribution is 0.0785. The van der Waals surface area contributed by atoms with Crippen LogP contribution in [0, 0.1) is 5.82 Å². The van der Waals surface area contributed by atoms with Crippen molar-refractivity contribution in [3.05, 3.63) is 59.7 Å². The number of benzene rings is 1. The summed E-state index contributed by atoms with van der Waals surface area (Å²) in [5.41, 5.74) is 7.34. The van der Waals surface area contributed by atoms with Crippen LogP contribution >= 0.6 is 0 Å². The molecule has 5 heteroatoms. The number of nitrogens with zero attached hydrogens (tertiary/aromatic N) is 2. The minimum absolute atomic E-state index is 0.213. The van der Waals surface area contributed by atoms with Crippen molar-refractivity contribution >= 4 is 11.6 Å². The molecule has 0 aliphatic heterocycles. The van der Waals surface area contributed by atoms with Gasteiger partial charge in [-0.2, -0.15) is 0 Å². The van der Waals surface area contributed by atoms with Gasteiger partial charge in [0.25, 0.3) is 5.91 Å². The van der Waals surface area contributed by atoms with E-state index in [1.807, 2.05) is 0 Å². The fourth-order valence-corrected chi connectivity index (χ4v) is 1.73. The van der Waals surface area contributed by atoms with E-state index in [1.165, 1.54) is 29.4 Å². The van der Waals surface area contributed by atoms with E-state index >= 15 is 0 Å². The third-order valence-corrected chi connectivity index (χ3v) is 2.76. The van der Waals surface area contributed by atoms with Gasteiger partial charge < -0.3 is 10.6 Å². The van der Waals surface area contributed by atoms with Crippen LogP contribution in [-0.4, -0.2) is 22.8 Å². The Balaban J connectivity index is 2.12. The van der Waals surface area contributed by atoms with Gasteiger partial charge in [0.1, 0.15) is 5.82 Å². The van der Waals surface area contributed by atoms with Crippen molar-refractivity contribution in [2.75, 3.05) is 12.8 Å². The highest BCUT2D eigenvalue weighted by atomic mass is 19.1. The van der Waals surface area contributed by atoms with E-state index in [9.17, 15) is 9.18 Å². The Hall–Kier alpha value is -2.43. The normalized spacial score (nSPS) is 10.2. The molecule has 1 amide bonds. The molecule has 0 bridgehead atoms. The third-order valence-electron chi connectivity index (χ3n) is 2.76. The molecule has 2 N–H and O–H groups in total. The Morgan fingerprint density at radius 3 is 2.63 bits per heavy atom. The monoisotopic (exact) mass is 259 g/mol. The van der Waals surface area contributed by atoms with Gasteiger partial charge in [0, 0.05) is 31.7 Å². The second-order valence-electron chi connectivity index (χ2n) is 4.25. The summed E-state index contributed by atoms with van der Waals surface area (Å²) in [7, 11) is 1.66. The zero-order valence-corrected chi connectivity index (χ0v) is 10.5. The lowest BCUT2D eigenvalue weighted by Crippen LogP contribution is -2.27. The molecule has 0 radical (unpaired) electrons. The van der Waals surface area contributed by atoms with Crippen LogP contribution in [0.25, 0.3) is 0 Å². The Kier molecular flexibility index (Phi) is 3.75. The minimum atomic E-state index is -0.297. The topological polar surface area (TPSA) is 59.2 Å². The molecule has 98 valence electrons. The number of pyridine rings is 1. The second-order valence-corrected chi connectivity index (χ2v) is 4.25. The largest absolute Gasteiger partial charge is 0.398 e. The van der Waals surface area contributed by atoms with Gasteiger partial charge in [0.15, 0.2) is 0 Å². The number of hydrogen-bond donors (Lipinski definition) is 1. The predicted octanol–water partition coefficient (Wildman–Crippen LogP) is 2.08. The molecule has 0 aliphatic rings. The summed E-state index contributed by atoms with van der Waals surface area (Å²) in [5, 5.41) is 0. The molecule has 19 heavy (non-hydrogen) atoms. The first-order valence-corrected chi connectivity index (χ1v) is 5.77. The van der Waals surface area contributed by atoms with Gasteiger partial charge >= 0.3 is 0 Å². The average Bonchev–Trinajstić information content (AvgIpc) is 2.41. The van der Waals surface area contributed by atoms with Crippen molar-refractivity contribution in [2.24, 2.45) is 0 Å². The maximum absolute atomic E-state index is 12.8. The molecule has 1 heterocycles. The van der Waals surface area contributed by atoms with Gasteiger partial charge in [-0.1, -0.05) is 12.1 Å². The van der Waals surface area contributed by atoms with Crippen LogP contribution in [-0.2, 0) is 6.54 Å². The van der Waals surface area contributed by atoms with Crippen LogP contribution in [0.4, 0.5) is 10.1 Å². The third kappa shape index (κ3) is 3.07. The standard InChI is InChI=1S/C14H14FN3O/c1-18(9-10-2-4-11(15)5-3-10)14(19)12-8-17-7-6-13(12)16/h2-8H,9H2,1H3,(H2,16,17). The molecule has 2 aromatic rings. The molecule has 0 saturated heterocycles. The highest BCUT2D eigenvalue weighted by molar-refractivity contribution is 5.98. The van der Waals surface area contributed by atoms with E-state index < -0.39 is 0 Å².